The summed E-state index contributed by atoms with van der Waals surface area (Å²) < 4.78 is 13.1. The maximum Gasteiger partial charge on any atom is 0.320 e. The van der Waals surface area contributed by atoms with Crippen LogP contribution in [-0.2, 0) is 9.36 Å². The van der Waals surface area contributed by atoms with Crippen LogP contribution in [0, 0.1) is 0 Å². The molecule has 0 radical (unpaired) electrons. The number of carboxylic acids is 1. The first-order valence-corrected chi connectivity index (χ1v) is 8.69. The molecule has 1 aromatic carbocycles. The fourth-order valence-corrected chi connectivity index (χ4v) is 4.93. The topological polar surface area (TPSA) is 80.4 Å². The van der Waals surface area contributed by atoms with Gasteiger partial charge in [-0.2, -0.15) is 0 Å². The third-order valence-electron chi connectivity index (χ3n) is 3.22. The summed E-state index contributed by atoms with van der Waals surface area (Å²) in [5.74, 6) is -1.03. The molecule has 4 nitrogen and oxygen atoms in total. The summed E-state index contributed by atoms with van der Waals surface area (Å²) in [7, 11) is -2.53. The van der Waals surface area contributed by atoms with Crippen molar-refractivity contribution >= 4 is 18.4 Å². The van der Waals surface area contributed by atoms with Crippen LogP contribution in [0.4, 0.5) is 0 Å². The van der Waals surface area contributed by atoms with Gasteiger partial charge in [-0.25, -0.2) is 0 Å². The molecule has 0 saturated heterocycles. The first-order chi connectivity index (χ1) is 8.99. The van der Waals surface area contributed by atoms with Gasteiger partial charge in [-0.1, -0.05) is 43.7 Å². The maximum atomic E-state index is 13.1. The number of aliphatic carboxylic acids is 1. The Hall–Kier alpha value is -1.12. The fraction of sp³-hybridized carbons (Fsp3) is 0.500. The van der Waals surface area contributed by atoms with Gasteiger partial charge < -0.3 is 15.4 Å². The Morgan fingerprint density at radius 1 is 1.32 bits per heavy atom. The monoisotopic (exact) mass is 283 g/mol. The number of carboxylic acid groups (broad SMARTS) is 1. The molecule has 0 amide bonds. The van der Waals surface area contributed by atoms with Crippen molar-refractivity contribution in [3.05, 3.63) is 30.3 Å². The third-order valence-corrected chi connectivity index (χ3v) is 6.48. The molecule has 5 heteroatoms. The van der Waals surface area contributed by atoms with Crippen molar-refractivity contribution in [1.29, 1.82) is 0 Å². The normalized spacial score (nSPS) is 15.7. The molecule has 0 aromatic heterocycles. The zero-order chi connectivity index (χ0) is 14.3. The zero-order valence-electron chi connectivity index (χ0n) is 11.3. The van der Waals surface area contributed by atoms with Gasteiger partial charge >= 0.3 is 5.97 Å². The predicted octanol–water partition coefficient (Wildman–Crippen LogP) is 2.28. The SMILES string of the molecule is CCCCP(=O)(CCC(N)C(=O)O)c1ccccc1. The number of carbonyl (C=O) groups is 1. The van der Waals surface area contributed by atoms with Crippen LogP contribution >= 0.6 is 7.14 Å². The maximum absolute atomic E-state index is 13.1. The van der Waals surface area contributed by atoms with Gasteiger partial charge in [-0.3, -0.25) is 4.79 Å². The second-order valence-electron chi connectivity index (χ2n) is 4.76. The molecule has 0 spiro atoms. The van der Waals surface area contributed by atoms with Crippen LogP contribution in [0.2, 0.25) is 0 Å². The van der Waals surface area contributed by atoms with Crippen molar-refractivity contribution in [2.45, 2.75) is 32.2 Å². The van der Waals surface area contributed by atoms with Crippen LogP contribution in [0.3, 0.4) is 0 Å². The Labute approximate surface area is 114 Å². The Kier molecular flexibility index (Phi) is 6.26. The molecule has 0 aliphatic carbocycles. The van der Waals surface area contributed by atoms with Crippen LogP contribution in [0.5, 0.6) is 0 Å². The Balaban J connectivity index is 2.82. The van der Waals surface area contributed by atoms with Gasteiger partial charge in [-0.15, -0.1) is 0 Å². The van der Waals surface area contributed by atoms with E-state index in [9.17, 15) is 9.36 Å². The molecule has 0 fully saturated rings. The van der Waals surface area contributed by atoms with E-state index in [1.807, 2.05) is 30.3 Å². The number of nitrogens with two attached hydrogens (primary N) is 1. The first-order valence-electron chi connectivity index (χ1n) is 6.61. The predicted molar refractivity (Wildman–Crippen MR) is 78.6 cm³/mol. The third kappa shape index (κ3) is 4.81. The van der Waals surface area contributed by atoms with Crippen molar-refractivity contribution in [2.24, 2.45) is 5.73 Å². The van der Waals surface area contributed by atoms with Crippen molar-refractivity contribution in [3.63, 3.8) is 0 Å². The van der Waals surface area contributed by atoms with E-state index in [-0.39, 0.29) is 6.42 Å². The highest BCUT2D eigenvalue weighted by Gasteiger charge is 2.25. The van der Waals surface area contributed by atoms with E-state index in [0.717, 1.165) is 18.1 Å². The second-order valence-corrected chi connectivity index (χ2v) is 7.95. The fourth-order valence-electron chi connectivity index (χ4n) is 1.95. The highest BCUT2D eigenvalue weighted by Crippen LogP contribution is 2.46. The number of benzene rings is 1. The minimum atomic E-state index is -2.53. The summed E-state index contributed by atoms with van der Waals surface area (Å²) in [6.07, 6.45) is 3.10. The molecule has 0 aliphatic heterocycles. The lowest BCUT2D eigenvalue weighted by atomic mass is 10.2. The summed E-state index contributed by atoms with van der Waals surface area (Å²) in [6.45, 7) is 2.05. The first kappa shape index (κ1) is 15.9. The van der Waals surface area contributed by atoms with Crippen LogP contribution in [0.15, 0.2) is 30.3 Å². The lowest BCUT2D eigenvalue weighted by Gasteiger charge is -2.19. The Bertz CT molecular complexity index is 447. The number of hydrogen-bond donors (Lipinski definition) is 2. The van der Waals surface area contributed by atoms with Gasteiger partial charge in [0.2, 0.25) is 0 Å². The summed E-state index contributed by atoms with van der Waals surface area (Å²) in [6, 6.07) is 8.41. The van der Waals surface area contributed by atoms with Gasteiger partial charge in [0.05, 0.1) is 0 Å². The van der Waals surface area contributed by atoms with Crippen molar-refractivity contribution in [1.82, 2.24) is 0 Å². The minimum absolute atomic E-state index is 0.255. The van der Waals surface area contributed by atoms with Crippen molar-refractivity contribution in [3.8, 4) is 0 Å². The molecule has 0 heterocycles. The highest BCUT2D eigenvalue weighted by atomic mass is 31.2. The molecule has 2 atom stereocenters. The summed E-state index contributed by atoms with van der Waals surface area (Å²) in [5.41, 5.74) is 5.51. The van der Waals surface area contributed by atoms with Gasteiger partial charge in [0.15, 0.2) is 0 Å². The van der Waals surface area contributed by atoms with Crippen LogP contribution in [0.1, 0.15) is 26.2 Å². The van der Waals surface area contributed by atoms with E-state index >= 15 is 0 Å². The average molecular weight is 283 g/mol. The summed E-state index contributed by atoms with van der Waals surface area (Å²) in [5, 5.41) is 9.65. The molecular formula is C14H22NO3P. The largest absolute Gasteiger partial charge is 0.480 e. The number of hydrogen-bond acceptors (Lipinski definition) is 3. The van der Waals surface area contributed by atoms with E-state index in [2.05, 4.69) is 6.92 Å². The van der Waals surface area contributed by atoms with Gasteiger partial charge in [0.1, 0.15) is 13.2 Å². The molecular weight excluding hydrogens is 261 g/mol. The standard InChI is InChI=1S/C14H22NO3P/c1-2-3-10-19(18,11-9-13(15)14(16)17)12-7-5-4-6-8-12/h4-8,13H,2-3,9-11,15H2,1H3,(H,16,17). The number of rotatable bonds is 8. The smallest absolute Gasteiger partial charge is 0.320 e. The van der Waals surface area contributed by atoms with Crippen molar-refractivity contribution in [2.75, 3.05) is 12.3 Å². The molecule has 106 valence electrons. The number of unbranched alkanes of at least 4 members (excludes halogenated alkanes) is 1. The van der Waals surface area contributed by atoms with Gasteiger partial charge in [0, 0.05) is 17.6 Å². The minimum Gasteiger partial charge on any atom is -0.480 e. The molecule has 0 saturated carbocycles. The Morgan fingerprint density at radius 2 is 1.95 bits per heavy atom. The summed E-state index contributed by atoms with van der Waals surface area (Å²) >= 11 is 0. The lowest BCUT2D eigenvalue weighted by molar-refractivity contribution is -0.138. The molecule has 2 unspecified atom stereocenters. The van der Waals surface area contributed by atoms with Crippen LogP contribution in [0.25, 0.3) is 0 Å². The van der Waals surface area contributed by atoms with E-state index in [1.165, 1.54) is 0 Å². The van der Waals surface area contributed by atoms with E-state index in [1.54, 1.807) is 0 Å². The van der Waals surface area contributed by atoms with E-state index in [0.29, 0.717) is 12.3 Å². The lowest BCUT2D eigenvalue weighted by Crippen LogP contribution is -2.31. The quantitative estimate of drug-likeness (QED) is 0.717. The van der Waals surface area contributed by atoms with Gasteiger partial charge in [0.25, 0.3) is 0 Å². The van der Waals surface area contributed by atoms with Crippen LogP contribution < -0.4 is 11.0 Å². The molecule has 1 aromatic rings. The summed E-state index contributed by atoms with van der Waals surface area (Å²) in [4.78, 5) is 10.8. The van der Waals surface area contributed by atoms with E-state index < -0.39 is 19.2 Å². The Morgan fingerprint density at radius 3 is 2.47 bits per heavy atom. The molecule has 0 bridgehead atoms. The average Bonchev–Trinajstić information content (AvgIpc) is 2.43. The molecule has 1 rings (SSSR count). The molecule has 0 aliphatic rings. The highest BCUT2D eigenvalue weighted by molar-refractivity contribution is 7.71. The van der Waals surface area contributed by atoms with E-state index in [4.69, 9.17) is 10.8 Å². The second kappa shape index (κ2) is 7.46. The molecule has 3 N–H and O–H groups in total. The van der Waals surface area contributed by atoms with Gasteiger partial charge in [-0.05, 0) is 12.8 Å². The zero-order valence-corrected chi connectivity index (χ0v) is 12.2. The van der Waals surface area contributed by atoms with Crippen molar-refractivity contribution < 1.29 is 14.5 Å². The van der Waals surface area contributed by atoms with Crippen LogP contribution in [-0.4, -0.2) is 29.4 Å². The molecule has 19 heavy (non-hydrogen) atoms.